The molecule has 5 heteroatoms. The zero-order valence-electron chi connectivity index (χ0n) is 13.3. The minimum Gasteiger partial charge on any atom is -0.383 e. The zero-order valence-corrected chi connectivity index (χ0v) is 13.3. The molecule has 0 aromatic heterocycles. The third kappa shape index (κ3) is 9.73. The van der Waals surface area contributed by atoms with Gasteiger partial charge < -0.3 is 10.1 Å². The van der Waals surface area contributed by atoms with Gasteiger partial charge in [-0.05, 0) is 18.8 Å². The van der Waals surface area contributed by atoms with Gasteiger partial charge >= 0.3 is 0 Å². The molecule has 0 aromatic carbocycles. The van der Waals surface area contributed by atoms with Crippen molar-refractivity contribution in [3.8, 4) is 0 Å². The third-order valence-electron chi connectivity index (χ3n) is 3.06. The van der Waals surface area contributed by atoms with Crippen molar-refractivity contribution in [1.29, 1.82) is 0 Å². The number of hydrogen-bond acceptors (Lipinski definition) is 3. The fourth-order valence-electron chi connectivity index (χ4n) is 1.88. The minimum absolute atomic E-state index is 0.183. The van der Waals surface area contributed by atoms with E-state index in [0.717, 1.165) is 6.54 Å². The normalized spacial score (nSPS) is 14.3. The number of methoxy groups -OCH3 is 1. The van der Waals surface area contributed by atoms with Crippen molar-refractivity contribution in [3.05, 3.63) is 0 Å². The first kappa shape index (κ1) is 18.2. The van der Waals surface area contributed by atoms with Gasteiger partial charge in [0.15, 0.2) is 0 Å². The van der Waals surface area contributed by atoms with Gasteiger partial charge in [-0.15, -0.1) is 0 Å². The highest BCUT2D eigenvalue weighted by Gasteiger charge is 2.17. The molecule has 1 atom stereocenters. The average molecular weight is 272 g/mol. The molecule has 114 valence electrons. The van der Waals surface area contributed by atoms with Gasteiger partial charge in [0.1, 0.15) is 0 Å². The largest absolute Gasteiger partial charge is 0.383 e. The molecule has 0 saturated heterocycles. The molecular formula is C14H32N4O. The van der Waals surface area contributed by atoms with Crippen molar-refractivity contribution in [2.45, 2.75) is 59.4 Å². The molecule has 0 heterocycles. The van der Waals surface area contributed by atoms with E-state index in [1.165, 1.54) is 25.7 Å². The molecule has 0 saturated carbocycles. The van der Waals surface area contributed by atoms with Crippen LogP contribution in [0.2, 0.25) is 0 Å². The van der Waals surface area contributed by atoms with Gasteiger partial charge in [0.05, 0.1) is 6.61 Å². The van der Waals surface area contributed by atoms with Gasteiger partial charge in [-0.25, -0.2) is 5.84 Å². The summed E-state index contributed by atoms with van der Waals surface area (Å²) in [5.41, 5.74) is 2.83. The van der Waals surface area contributed by atoms with E-state index < -0.39 is 0 Å². The number of rotatable bonds is 9. The van der Waals surface area contributed by atoms with Gasteiger partial charge in [-0.3, -0.25) is 10.4 Å². The van der Waals surface area contributed by atoms with Crippen LogP contribution in [-0.2, 0) is 4.74 Å². The second-order valence-electron chi connectivity index (χ2n) is 5.93. The van der Waals surface area contributed by atoms with E-state index in [-0.39, 0.29) is 11.5 Å². The van der Waals surface area contributed by atoms with Crippen LogP contribution in [0.3, 0.4) is 0 Å². The SMILES string of the molecule is CCCCCC(C)(C)CN=C(NN)NC(C)COC. The second-order valence-corrected chi connectivity index (χ2v) is 5.93. The Morgan fingerprint density at radius 2 is 2.05 bits per heavy atom. The van der Waals surface area contributed by atoms with Gasteiger partial charge in [0, 0.05) is 19.7 Å². The summed E-state index contributed by atoms with van der Waals surface area (Å²) >= 11 is 0. The Kier molecular flexibility index (Phi) is 9.61. The highest BCUT2D eigenvalue weighted by atomic mass is 16.5. The first-order chi connectivity index (χ1) is 8.95. The number of guanidine groups is 1. The molecule has 1 unspecified atom stereocenters. The summed E-state index contributed by atoms with van der Waals surface area (Å²) in [6.45, 7) is 10.1. The number of unbranched alkanes of at least 4 members (excludes halogenated alkanes) is 2. The predicted molar refractivity (Wildman–Crippen MR) is 82.0 cm³/mol. The maximum atomic E-state index is 5.48. The van der Waals surface area contributed by atoms with E-state index >= 15 is 0 Å². The molecule has 0 spiro atoms. The molecule has 0 aliphatic rings. The molecule has 0 radical (unpaired) electrons. The smallest absolute Gasteiger partial charge is 0.206 e. The summed E-state index contributed by atoms with van der Waals surface area (Å²) in [6, 6.07) is 0.183. The summed E-state index contributed by atoms with van der Waals surface area (Å²) in [6.07, 6.45) is 5.00. The second kappa shape index (κ2) is 10.0. The van der Waals surface area contributed by atoms with Crippen LogP contribution in [-0.4, -0.2) is 32.3 Å². The van der Waals surface area contributed by atoms with Crippen molar-refractivity contribution in [3.63, 3.8) is 0 Å². The van der Waals surface area contributed by atoms with Crippen LogP contribution < -0.4 is 16.6 Å². The Labute approximate surface area is 118 Å². The van der Waals surface area contributed by atoms with Crippen LogP contribution in [0.1, 0.15) is 53.4 Å². The zero-order chi connectivity index (χ0) is 14.7. The molecule has 0 aliphatic heterocycles. The first-order valence-electron chi connectivity index (χ1n) is 7.21. The Hall–Kier alpha value is -0.810. The van der Waals surface area contributed by atoms with Crippen molar-refractivity contribution in [2.75, 3.05) is 20.3 Å². The average Bonchev–Trinajstić information content (AvgIpc) is 2.35. The molecule has 0 aromatic rings. The molecule has 0 amide bonds. The summed E-state index contributed by atoms with van der Waals surface area (Å²) in [5, 5.41) is 3.20. The van der Waals surface area contributed by atoms with Crippen molar-refractivity contribution in [1.82, 2.24) is 10.7 Å². The van der Waals surface area contributed by atoms with E-state index in [0.29, 0.717) is 12.6 Å². The molecule has 4 N–H and O–H groups in total. The van der Waals surface area contributed by atoms with E-state index in [1.807, 2.05) is 6.92 Å². The minimum atomic E-state index is 0.183. The van der Waals surface area contributed by atoms with Crippen molar-refractivity contribution >= 4 is 5.96 Å². The lowest BCUT2D eigenvalue weighted by Crippen LogP contribution is -2.47. The predicted octanol–water partition coefficient (Wildman–Crippen LogP) is 2.04. The van der Waals surface area contributed by atoms with Crippen LogP contribution in [0, 0.1) is 5.41 Å². The molecule has 0 bridgehead atoms. The van der Waals surface area contributed by atoms with Crippen LogP contribution in [0.4, 0.5) is 0 Å². The monoisotopic (exact) mass is 272 g/mol. The summed E-state index contributed by atoms with van der Waals surface area (Å²) in [5.74, 6) is 6.12. The molecule has 0 aliphatic carbocycles. The number of nitrogens with one attached hydrogen (secondary N) is 2. The molecule has 0 rings (SSSR count). The number of hydrazine groups is 1. The van der Waals surface area contributed by atoms with E-state index in [1.54, 1.807) is 7.11 Å². The van der Waals surface area contributed by atoms with E-state index in [2.05, 4.69) is 36.5 Å². The Bertz CT molecular complexity index is 254. The topological polar surface area (TPSA) is 71.7 Å². The maximum absolute atomic E-state index is 5.48. The third-order valence-corrected chi connectivity index (χ3v) is 3.06. The van der Waals surface area contributed by atoms with Gasteiger partial charge in [0.2, 0.25) is 5.96 Å². The number of nitrogens with two attached hydrogens (primary N) is 1. The summed E-state index contributed by atoms with van der Waals surface area (Å²) < 4.78 is 5.07. The van der Waals surface area contributed by atoms with E-state index in [4.69, 9.17) is 10.6 Å². The molecule has 5 nitrogen and oxygen atoms in total. The lowest BCUT2D eigenvalue weighted by atomic mass is 9.87. The Morgan fingerprint density at radius 1 is 1.37 bits per heavy atom. The Morgan fingerprint density at radius 3 is 2.58 bits per heavy atom. The van der Waals surface area contributed by atoms with Gasteiger partial charge in [0.25, 0.3) is 0 Å². The lowest BCUT2D eigenvalue weighted by molar-refractivity contribution is 0.179. The number of hydrogen-bond donors (Lipinski definition) is 3. The van der Waals surface area contributed by atoms with Crippen LogP contribution in [0.15, 0.2) is 4.99 Å². The Balaban J connectivity index is 4.22. The van der Waals surface area contributed by atoms with Gasteiger partial charge in [-0.1, -0.05) is 40.0 Å². The lowest BCUT2D eigenvalue weighted by Gasteiger charge is -2.23. The molecule has 19 heavy (non-hydrogen) atoms. The quantitative estimate of drug-likeness (QED) is 0.197. The number of ether oxygens (including phenoxy) is 1. The summed E-state index contributed by atoms with van der Waals surface area (Å²) in [4.78, 5) is 4.53. The maximum Gasteiger partial charge on any atom is 0.206 e. The summed E-state index contributed by atoms with van der Waals surface area (Å²) in [7, 11) is 1.68. The van der Waals surface area contributed by atoms with Crippen LogP contribution in [0.25, 0.3) is 0 Å². The standard InChI is InChI=1S/C14H32N4O/c1-6-7-8-9-14(3,4)11-16-13(18-15)17-12(2)10-19-5/h12H,6-11,15H2,1-5H3,(H2,16,17,18). The van der Waals surface area contributed by atoms with Gasteiger partial charge in [-0.2, -0.15) is 0 Å². The fourth-order valence-corrected chi connectivity index (χ4v) is 1.88. The number of nitrogens with zero attached hydrogens (tertiary/aromatic N) is 1. The van der Waals surface area contributed by atoms with Crippen molar-refractivity contribution < 1.29 is 4.74 Å². The first-order valence-corrected chi connectivity index (χ1v) is 7.21. The molecular weight excluding hydrogens is 240 g/mol. The highest BCUT2D eigenvalue weighted by molar-refractivity contribution is 5.79. The fraction of sp³-hybridized carbons (Fsp3) is 0.929. The molecule has 0 fully saturated rings. The van der Waals surface area contributed by atoms with E-state index in [9.17, 15) is 0 Å². The van der Waals surface area contributed by atoms with Crippen molar-refractivity contribution in [2.24, 2.45) is 16.3 Å². The highest BCUT2D eigenvalue weighted by Crippen LogP contribution is 2.23. The number of aliphatic imine (C=N–C) groups is 1. The van der Waals surface area contributed by atoms with Crippen LogP contribution in [0.5, 0.6) is 0 Å². The van der Waals surface area contributed by atoms with Crippen LogP contribution >= 0.6 is 0 Å².